The zero-order chi connectivity index (χ0) is 14.2. The maximum absolute atomic E-state index is 12.2. The summed E-state index contributed by atoms with van der Waals surface area (Å²) in [6.07, 6.45) is 0. The number of thiophene rings is 1. The van der Waals surface area contributed by atoms with Crippen molar-refractivity contribution in [1.29, 1.82) is 0 Å². The summed E-state index contributed by atoms with van der Waals surface area (Å²) in [5.41, 5.74) is 8.74. The summed E-state index contributed by atoms with van der Waals surface area (Å²) in [4.78, 5) is 0.952. The smallest absolute Gasteiger partial charge is 0.271 e. The Morgan fingerprint density at radius 2 is 1.74 bits per heavy atom. The minimum atomic E-state index is -3.56. The lowest BCUT2D eigenvalue weighted by Crippen LogP contribution is -2.13. The van der Waals surface area contributed by atoms with Gasteiger partial charge in [-0.2, -0.15) is 0 Å². The van der Waals surface area contributed by atoms with Gasteiger partial charge in [0.1, 0.15) is 4.21 Å². The molecule has 0 aliphatic heterocycles. The van der Waals surface area contributed by atoms with Gasteiger partial charge < -0.3 is 5.73 Å². The summed E-state index contributed by atoms with van der Waals surface area (Å²) in [7, 11) is -3.56. The second-order valence-electron chi connectivity index (χ2n) is 4.49. The highest BCUT2D eigenvalue weighted by Gasteiger charge is 2.17. The maximum Gasteiger partial charge on any atom is 0.271 e. The van der Waals surface area contributed by atoms with Crippen LogP contribution in [0.25, 0.3) is 0 Å². The number of hydrogen-bond acceptors (Lipinski definition) is 4. The molecule has 6 heteroatoms. The molecular weight excluding hydrogens is 280 g/mol. The highest BCUT2D eigenvalue weighted by Crippen LogP contribution is 2.28. The monoisotopic (exact) mass is 296 g/mol. The van der Waals surface area contributed by atoms with Crippen LogP contribution in [0, 0.1) is 20.8 Å². The second kappa shape index (κ2) is 4.86. The van der Waals surface area contributed by atoms with Crippen LogP contribution in [0.4, 0.5) is 11.4 Å². The van der Waals surface area contributed by atoms with E-state index in [4.69, 9.17) is 5.73 Å². The summed E-state index contributed by atoms with van der Waals surface area (Å²) >= 11 is 1.24. The van der Waals surface area contributed by atoms with Crippen molar-refractivity contribution in [2.24, 2.45) is 0 Å². The van der Waals surface area contributed by atoms with E-state index in [0.29, 0.717) is 15.6 Å². The molecule has 4 nitrogen and oxygen atoms in total. The summed E-state index contributed by atoms with van der Waals surface area (Å²) in [6.45, 7) is 5.72. The van der Waals surface area contributed by atoms with Crippen LogP contribution >= 0.6 is 11.3 Å². The lowest BCUT2D eigenvalue weighted by Gasteiger charge is -2.11. The van der Waals surface area contributed by atoms with E-state index in [1.165, 1.54) is 11.3 Å². The molecule has 0 saturated carbocycles. The molecule has 0 amide bonds. The number of aryl methyl sites for hydroxylation is 3. The van der Waals surface area contributed by atoms with Crippen LogP contribution < -0.4 is 10.5 Å². The molecule has 2 aromatic rings. The molecule has 19 heavy (non-hydrogen) atoms. The van der Waals surface area contributed by atoms with E-state index >= 15 is 0 Å². The van der Waals surface area contributed by atoms with Gasteiger partial charge in [-0.05, 0) is 56.2 Å². The van der Waals surface area contributed by atoms with Gasteiger partial charge in [0.25, 0.3) is 10.0 Å². The van der Waals surface area contributed by atoms with Crippen molar-refractivity contribution in [2.45, 2.75) is 25.0 Å². The number of sulfonamides is 1. The van der Waals surface area contributed by atoms with Crippen LogP contribution in [0.2, 0.25) is 0 Å². The number of nitrogen functional groups attached to an aromatic ring is 1. The van der Waals surface area contributed by atoms with E-state index in [1.807, 2.05) is 20.8 Å². The van der Waals surface area contributed by atoms with E-state index in [-0.39, 0.29) is 0 Å². The van der Waals surface area contributed by atoms with Gasteiger partial charge >= 0.3 is 0 Å². The number of nitrogens with two attached hydrogens (primary N) is 1. The molecule has 0 saturated heterocycles. The summed E-state index contributed by atoms with van der Waals surface area (Å²) in [5, 5.41) is 0. The topological polar surface area (TPSA) is 72.2 Å². The number of hydrogen-bond donors (Lipinski definition) is 2. The van der Waals surface area contributed by atoms with E-state index in [9.17, 15) is 8.42 Å². The molecule has 2 rings (SSSR count). The Morgan fingerprint density at radius 1 is 1.11 bits per heavy atom. The summed E-state index contributed by atoms with van der Waals surface area (Å²) in [6, 6.07) is 6.90. The number of rotatable bonds is 3. The van der Waals surface area contributed by atoms with Gasteiger partial charge in [0.05, 0.1) is 11.4 Å². The fourth-order valence-electron chi connectivity index (χ4n) is 1.68. The SMILES string of the molecule is Cc1ccc(S(=O)(=O)Nc2cc(C)c(C)cc2N)s1. The molecule has 0 bridgehead atoms. The van der Waals surface area contributed by atoms with Gasteiger partial charge in [0, 0.05) is 4.88 Å². The first-order valence-corrected chi connectivity index (χ1v) is 8.05. The highest BCUT2D eigenvalue weighted by molar-refractivity contribution is 7.94. The zero-order valence-corrected chi connectivity index (χ0v) is 12.7. The molecule has 1 aromatic carbocycles. The predicted octanol–water partition coefficient (Wildman–Crippen LogP) is 3.06. The minimum absolute atomic E-state index is 0.294. The Hall–Kier alpha value is -1.53. The molecule has 0 radical (unpaired) electrons. The summed E-state index contributed by atoms with van der Waals surface area (Å²) in [5.74, 6) is 0. The molecule has 1 aromatic heterocycles. The molecule has 3 N–H and O–H groups in total. The van der Waals surface area contributed by atoms with Crippen LogP contribution in [-0.4, -0.2) is 8.42 Å². The van der Waals surface area contributed by atoms with Crippen molar-refractivity contribution < 1.29 is 8.42 Å². The Bertz CT molecular complexity index is 718. The normalized spacial score (nSPS) is 11.5. The van der Waals surface area contributed by atoms with Crippen LogP contribution in [0.1, 0.15) is 16.0 Å². The molecule has 1 heterocycles. The molecule has 0 fully saturated rings. The third-order valence-electron chi connectivity index (χ3n) is 2.89. The van der Waals surface area contributed by atoms with Gasteiger partial charge in [-0.25, -0.2) is 8.42 Å². The van der Waals surface area contributed by atoms with Crippen LogP contribution in [0.15, 0.2) is 28.5 Å². The van der Waals surface area contributed by atoms with Gasteiger partial charge in [-0.3, -0.25) is 4.72 Å². The molecule has 102 valence electrons. The lowest BCUT2D eigenvalue weighted by atomic mass is 10.1. The minimum Gasteiger partial charge on any atom is -0.397 e. The molecule has 0 aliphatic rings. The first kappa shape index (κ1) is 13.9. The Morgan fingerprint density at radius 3 is 2.32 bits per heavy atom. The van der Waals surface area contributed by atoms with Crippen molar-refractivity contribution in [2.75, 3.05) is 10.5 Å². The van der Waals surface area contributed by atoms with Gasteiger partial charge in [-0.15, -0.1) is 11.3 Å². The number of benzene rings is 1. The van der Waals surface area contributed by atoms with E-state index < -0.39 is 10.0 Å². The van der Waals surface area contributed by atoms with Crippen molar-refractivity contribution in [1.82, 2.24) is 0 Å². The fourth-order valence-corrected chi connectivity index (χ4v) is 4.04. The van der Waals surface area contributed by atoms with Gasteiger partial charge in [-0.1, -0.05) is 0 Å². The fraction of sp³-hybridized carbons (Fsp3) is 0.231. The van der Waals surface area contributed by atoms with Crippen molar-refractivity contribution in [3.05, 3.63) is 40.3 Å². The van der Waals surface area contributed by atoms with Gasteiger partial charge in [0.15, 0.2) is 0 Å². The van der Waals surface area contributed by atoms with Crippen molar-refractivity contribution in [3.63, 3.8) is 0 Å². The van der Waals surface area contributed by atoms with Crippen molar-refractivity contribution >= 4 is 32.7 Å². The van der Waals surface area contributed by atoms with Crippen LogP contribution in [0.5, 0.6) is 0 Å². The van der Waals surface area contributed by atoms with Crippen LogP contribution in [0.3, 0.4) is 0 Å². The van der Waals surface area contributed by atoms with E-state index in [2.05, 4.69) is 4.72 Å². The molecule has 0 spiro atoms. The Labute approximate surface area is 117 Å². The molecule has 0 aliphatic carbocycles. The Kier molecular flexibility index (Phi) is 3.56. The predicted molar refractivity (Wildman–Crippen MR) is 80.2 cm³/mol. The largest absolute Gasteiger partial charge is 0.397 e. The average Bonchev–Trinajstić information content (AvgIpc) is 2.73. The average molecular weight is 296 g/mol. The third kappa shape index (κ3) is 2.90. The number of anilines is 2. The van der Waals surface area contributed by atoms with Crippen molar-refractivity contribution in [3.8, 4) is 0 Å². The van der Waals surface area contributed by atoms with Gasteiger partial charge in [0.2, 0.25) is 0 Å². The third-order valence-corrected chi connectivity index (χ3v) is 5.75. The second-order valence-corrected chi connectivity index (χ2v) is 7.69. The zero-order valence-electron chi connectivity index (χ0n) is 11.0. The highest BCUT2D eigenvalue weighted by atomic mass is 32.2. The molecule has 0 atom stereocenters. The summed E-state index contributed by atoms with van der Waals surface area (Å²) < 4.78 is 27.3. The first-order chi connectivity index (χ1) is 8.79. The van der Waals surface area contributed by atoms with E-state index in [1.54, 1.807) is 24.3 Å². The quantitative estimate of drug-likeness (QED) is 0.855. The maximum atomic E-state index is 12.2. The van der Waals surface area contributed by atoms with Crippen LogP contribution in [-0.2, 0) is 10.0 Å². The Balaban J connectivity index is 2.38. The lowest BCUT2D eigenvalue weighted by molar-refractivity contribution is 0.603. The molecule has 0 unspecified atom stereocenters. The molecular formula is C13H16N2O2S2. The first-order valence-electron chi connectivity index (χ1n) is 5.75. The number of nitrogens with one attached hydrogen (secondary N) is 1. The standard InChI is InChI=1S/C13H16N2O2S2/c1-8-6-11(14)12(7-9(8)2)15-19(16,17)13-5-4-10(3)18-13/h4-7,15H,14H2,1-3H3. The van der Waals surface area contributed by atoms with E-state index in [0.717, 1.165) is 16.0 Å².